The van der Waals surface area contributed by atoms with Crippen molar-refractivity contribution in [1.82, 2.24) is 15.4 Å². The van der Waals surface area contributed by atoms with Crippen LogP contribution in [0.4, 0.5) is 21.7 Å². The Bertz CT molecular complexity index is 1450. The highest BCUT2D eigenvalue weighted by Crippen LogP contribution is 2.37. The van der Waals surface area contributed by atoms with E-state index < -0.39 is 0 Å². The molecule has 2 heterocycles. The van der Waals surface area contributed by atoms with Gasteiger partial charge in [0.1, 0.15) is 23.1 Å². The minimum atomic E-state index is -0.308. The second-order valence-electron chi connectivity index (χ2n) is 7.57. The van der Waals surface area contributed by atoms with E-state index in [9.17, 15) is 4.39 Å². The highest BCUT2D eigenvalue weighted by atomic mass is 32.2. The van der Waals surface area contributed by atoms with E-state index in [2.05, 4.69) is 32.3 Å². The number of anilines is 3. The summed E-state index contributed by atoms with van der Waals surface area (Å²) < 4.78 is 33.3. The van der Waals surface area contributed by atoms with Gasteiger partial charge in [0.05, 0.1) is 18.2 Å². The molecule has 178 valence electrons. The van der Waals surface area contributed by atoms with Gasteiger partial charge in [-0.1, -0.05) is 18.1 Å². The van der Waals surface area contributed by atoms with Crippen LogP contribution in [0.25, 0.3) is 11.0 Å². The van der Waals surface area contributed by atoms with E-state index in [1.54, 1.807) is 19.2 Å². The number of ether oxygens (including phenoxy) is 2. The molecule has 5 aromatic rings. The van der Waals surface area contributed by atoms with Crippen LogP contribution in [0.5, 0.6) is 17.2 Å². The van der Waals surface area contributed by atoms with Gasteiger partial charge in [-0.25, -0.2) is 4.39 Å². The molecule has 0 fully saturated rings. The lowest BCUT2D eigenvalue weighted by Crippen LogP contribution is -1.95. The third-order valence-corrected chi connectivity index (χ3v) is 5.97. The molecule has 0 spiro atoms. The standard InChI is InChI=1S/C25H22FN5O3S/c1-3-16-11-24(29-28-16)27-21-14-22-20(13-23(21)32-2)25(30-34-22)31-35-19-6-4-5-18(12-19)33-17-9-7-15(26)8-10-17/h4-14H,3H2,1-2H3,(H,30,31)(H2,27,28,29). The van der Waals surface area contributed by atoms with Gasteiger partial charge < -0.3 is 24.0 Å². The lowest BCUT2D eigenvalue weighted by Gasteiger charge is -2.10. The molecule has 8 nitrogen and oxygen atoms in total. The number of benzene rings is 3. The van der Waals surface area contributed by atoms with Crippen molar-refractivity contribution in [2.24, 2.45) is 0 Å². The molecule has 0 aliphatic carbocycles. The van der Waals surface area contributed by atoms with Crippen LogP contribution in [-0.4, -0.2) is 22.5 Å². The first-order valence-corrected chi connectivity index (χ1v) is 11.7. The van der Waals surface area contributed by atoms with Crippen LogP contribution in [0.2, 0.25) is 0 Å². The molecule has 0 aliphatic heterocycles. The van der Waals surface area contributed by atoms with Gasteiger partial charge in [0.25, 0.3) is 0 Å². The van der Waals surface area contributed by atoms with Gasteiger partial charge in [0.15, 0.2) is 17.2 Å². The zero-order chi connectivity index (χ0) is 24.2. The maximum Gasteiger partial charge on any atom is 0.187 e. The fraction of sp³-hybridized carbons (Fsp3) is 0.120. The average Bonchev–Trinajstić information content (AvgIpc) is 3.50. The Kier molecular flexibility index (Phi) is 6.44. The summed E-state index contributed by atoms with van der Waals surface area (Å²) in [6.45, 7) is 2.06. The van der Waals surface area contributed by atoms with Crippen molar-refractivity contribution in [2.45, 2.75) is 18.2 Å². The highest BCUT2D eigenvalue weighted by Gasteiger charge is 2.15. The van der Waals surface area contributed by atoms with Gasteiger partial charge in [-0.15, -0.1) is 0 Å². The first kappa shape index (κ1) is 22.6. The first-order valence-electron chi connectivity index (χ1n) is 10.9. The second kappa shape index (κ2) is 9.98. The molecular formula is C25H22FN5O3S. The van der Waals surface area contributed by atoms with E-state index in [1.165, 1.54) is 24.1 Å². The molecular weight excluding hydrogens is 469 g/mol. The SMILES string of the molecule is CCc1cc(Nc2cc3onc(NSc4cccc(Oc5ccc(F)cc5)c4)c3cc2OC)n[nH]1. The molecule has 2 aromatic heterocycles. The van der Waals surface area contributed by atoms with Crippen LogP contribution < -0.4 is 19.5 Å². The number of rotatable bonds is 9. The molecule has 0 aliphatic rings. The molecule has 0 saturated heterocycles. The Balaban J connectivity index is 1.31. The molecule has 35 heavy (non-hydrogen) atoms. The fourth-order valence-corrected chi connectivity index (χ4v) is 4.08. The minimum absolute atomic E-state index is 0.308. The Hall–Kier alpha value is -4.18. The number of nitrogens with zero attached hydrogens (tertiary/aromatic N) is 2. The largest absolute Gasteiger partial charge is 0.495 e. The number of aryl methyl sites for hydroxylation is 1. The highest BCUT2D eigenvalue weighted by molar-refractivity contribution is 8.00. The Morgan fingerprint density at radius 3 is 2.69 bits per heavy atom. The molecule has 0 bridgehead atoms. The molecule has 3 aromatic carbocycles. The molecule has 5 rings (SSSR count). The number of H-pyrrole nitrogens is 1. The van der Waals surface area contributed by atoms with Gasteiger partial charge in [0, 0.05) is 22.7 Å². The predicted molar refractivity (Wildman–Crippen MR) is 134 cm³/mol. The average molecular weight is 492 g/mol. The van der Waals surface area contributed by atoms with Crippen LogP contribution >= 0.6 is 11.9 Å². The first-order chi connectivity index (χ1) is 17.1. The summed E-state index contributed by atoms with van der Waals surface area (Å²) in [5.41, 5.74) is 2.34. The molecule has 0 atom stereocenters. The zero-order valence-electron chi connectivity index (χ0n) is 19.0. The third kappa shape index (κ3) is 5.17. The van der Waals surface area contributed by atoms with Crippen molar-refractivity contribution >= 4 is 40.2 Å². The number of aromatic nitrogens is 3. The van der Waals surface area contributed by atoms with Crippen molar-refractivity contribution < 1.29 is 18.4 Å². The Morgan fingerprint density at radius 2 is 1.91 bits per heavy atom. The molecule has 10 heteroatoms. The van der Waals surface area contributed by atoms with Gasteiger partial charge in [-0.05, 0) is 66.9 Å². The van der Waals surface area contributed by atoms with Crippen LogP contribution in [0.15, 0.2) is 76.1 Å². The smallest absolute Gasteiger partial charge is 0.187 e. The van der Waals surface area contributed by atoms with E-state index in [4.69, 9.17) is 14.0 Å². The van der Waals surface area contributed by atoms with E-state index in [1.807, 2.05) is 42.5 Å². The fourth-order valence-electron chi connectivity index (χ4n) is 3.40. The van der Waals surface area contributed by atoms with Crippen LogP contribution in [-0.2, 0) is 6.42 Å². The third-order valence-electron chi connectivity index (χ3n) is 5.19. The van der Waals surface area contributed by atoms with Gasteiger partial charge in [0.2, 0.25) is 0 Å². The van der Waals surface area contributed by atoms with E-state index >= 15 is 0 Å². The van der Waals surface area contributed by atoms with Gasteiger partial charge >= 0.3 is 0 Å². The van der Waals surface area contributed by atoms with Crippen molar-refractivity contribution in [1.29, 1.82) is 0 Å². The number of aromatic amines is 1. The van der Waals surface area contributed by atoms with E-state index in [-0.39, 0.29) is 5.82 Å². The number of fused-ring (bicyclic) bond motifs is 1. The number of halogens is 1. The van der Waals surface area contributed by atoms with Crippen molar-refractivity contribution in [3.63, 3.8) is 0 Å². The summed E-state index contributed by atoms with van der Waals surface area (Å²) in [5.74, 6) is 2.77. The lowest BCUT2D eigenvalue weighted by molar-refractivity contribution is 0.417. The minimum Gasteiger partial charge on any atom is -0.495 e. The second-order valence-corrected chi connectivity index (χ2v) is 8.45. The summed E-state index contributed by atoms with van der Waals surface area (Å²) in [6.07, 6.45) is 0.862. The van der Waals surface area contributed by atoms with Crippen molar-refractivity contribution in [3.05, 3.63) is 78.2 Å². The predicted octanol–water partition coefficient (Wildman–Crippen LogP) is 6.92. The normalized spacial score (nSPS) is 10.9. The Labute approximate surface area is 204 Å². The monoisotopic (exact) mass is 491 g/mol. The maximum atomic E-state index is 13.1. The van der Waals surface area contributed by atoms with E-state index in [0.717, 1.165) is 28.1 Å². The van der Waals surface area contributed by atoms with Crippen LogP contribution in [0.1, 0.15) is 12.6 Å². The number of hydrogen-bond donors (Lipinski definition) is 3. The van der Waals surface area contributed by atoms with Crippen LogP contribution in [0, 0.1) is 5.82 Å². The molecule has 0 radical (unpaired) electrons. The topological polar surface area (TPSA) is 97.2 Å². The molecule has 0 amide bonds. The van der Waals surface area contributed by atoms with Crippen LogP contribution in [0.3, 0.4) is 0 Å². The molecule has 0 saturated carbocycles. The maximum absolute atomic E-state index is 13.1. The quantitative estimate of drug-likeness (QED) is 0.191. The number of methoxy groups -OCH3 is 1. The summed E-state index contributed by atoms with van der Waals surface area (Å²) in [5, 5.41) is 15.4. The van der Waals surface area contributed by atoms with Gasteiger partial charge in [-0.2, -0.15) is 5.10 Å². The summed E-state index contributed by atoms with van der Waals surface area (Å²) in [6, 6.07) is 19.0. The van der Waals surface area contributed by atoms with Gasteiger partial charge in [-0.3, -0.25) is 5.10 Å². The summed E-state index contributed by atoms with van der Waals surface area (Å²) in [4.78, 5) is 0.899. The molecule has 3 N–H and O–H groups in total. The van der Waals surface area contributed by atoms with E-state index in [0.29, 0.717) is 34.5 Å². The summed E-state index contributed by atoms with van der Waals surface area (Å²) >= 11 is 1.36. The number of nitrogens with one attached hydrogen (secondary N) is 3. The molecule has 0 unspecified atom stereocenters. The van der Waals surface area contributed by atoms with Crippen molar-refractivity contribution in [2.75, 3.05) is 17.1 Å². The number of hydrogen-bond acceptors (Lipinski definition) is 8. The zero-order valence-corrected chi connectivity index (χ0v) is 19.8. The van der Waals surface area contributed by atoms with Crippen molar-refractivity contribution in [3.8, 4) is 17.2 Å². The lowest BCUT2D eigenvalue weighted by atomic mass is 10.2. The summed E-state index contributed by atoms with van der Waals surface area (Å²) in [7, 11) is 1.61. The Morgan fingerprint density at radius 1 is 1.06 bits per heavy atom.